The molecule has 3 amide bonds. The number of fused-ring (bicyclic) bond motifs is 1. The van der Waals surface area contributed by atoms with E-state index in [4.69, 9.17) is 4.74 Å². The van der Waals surface area contributed by atoms with Gasteiger partial charge in [0.15, 0.2) is 0 Å². The molecule has 1 spiro atoms. The summed E-state index contributed by atoms with van der Waals surface area (Å²) in [7, 11) is 0. The van der Waals surface area contributed by atoms with Crippen LogP contribution in [0.1, 0.15) is 30.9 Å². The van der Waals surface area contributed by atoms with Gasteiger partial charge >= 0.3 is 0 Å². The first-order valence-electron chi connectivity index (χ1n) is 12.1. The molecule has 184 valence electrons. The van der Waals surface area contributed by atoms with Crippen LogP contribution in [0.2, 0.25) is 0 Å². The highest BCUT2D eigenvalue weighted by molar-refractivity contribution is 6.05. The van der Waals surface area contributed by atoms with Crippen molar-refractivity contribution < 1.29 is 24.2 Å². The molecule has 3 aliphatic rings. The Morgan fingerprint density at radius 1 is 1.09 bits per heavy atom. The van der Waals surface area contributed by atoms with Crippen LogP contribution in [0, 0.1) is 25.7 Å². The molecular formula is C27H31N3O5. The van der Waals surface area contributed by atoms with Gasteiger partial charge < -0.3 is 25.4 Å². The summed E-state index contributed by atoms with van der Waals surface area (Å²) in [6, 6.07) is 13.3. The second-order valence-corrected chi connectivity index (χ2v) is 9.94. The first-order chi connectivity index (χ1) is 16.8. The van der Waals surface area contributed by atoms with E-state index in [0.717, 1.165) is 11.1 Å². The number of aliphatic hydroxyl groups excluding tert-OH is 1. The number of ether oxygens (including phenoxy) is 1. The zero-order valence-electron chi connectivity index (χ0n) is 20.2. The van der Waals surface area contributed by atoms with E-state index in [1.54, 1.807) is 19.1 Å². The average Bonchev–Trinajstić information content (AvgIpc) is 3.49. The fourth-order valence-electron chi connectivity index (χ4n) is 6.20. The molecule has 0 aliphatic carbocycles. The maximum absolute atomic E-state index is 13.8. The highest BCUT2D eigenvalue weighted by atomic mass is 16.5. The maximum atomic E-state index is 13.8. The van der Waals surface area contributed by atoms with Crippen LogP contribution in [0.4, 0.5) is 11.4 Å². The molecule has 3 aliphatic heterocycles. The lowest BCUT2D eigenvalue weighted by atomic mass is 9.70. The fourth-order valence-corrected chi connectivity index (χ4v) is 6.20. The number of aryl methyl sites for hydroxylation is 2. The zero-order chi connectivity index (χ0) is 24.9. The summed E-state index contributed by atoms with van der Waals surface area (Å²) in [6.45, 7) is 5.24. The van der Waals surface area contributed by atoms with Crippen LogP contribution in [0.5, 0.6) is 0 Å². The van der Waals surface area contributed by atoms with Gasteiger partial charge in [-0.25, -0.2) is 0 Å². The number of rotatable bonds is 6. The van der Waals surface area contributed by atoms with Crippen molar-refractivity contribution in [2.24, 2.45) is 11.8 Å². The standard InChI is InChI=1S/C27H31N3O5/c1-15-8-7-9-16(2)22(15)29-25(33)23-27-13-12-19(35-27)20(21(27)26(34)30(23)17(3)14-31)24(32)28-18-10-5-4-6-11-18/h4-11,17,19-21,23,31H,12-14H2,1-3H3,(H,28,32)(H,29,33)/t17-,19-,20+,21+,23?,27?/m1/s1. The van der Waals surface area contributed by atoms with Crippen LogP contribution in [-0.2, 0) is 19.1 Å². The Morgan fingerprint density at radius 3 is 2.43 bits per heavy atom. The lowest BCUT2D eigenvalue weighted by Gasteiger charge is -2.35. The molecule has 3 fully saturated rings. The van der Waals surface area contributed by atoms with E-state index in [2.05, 4.69) is 10.6 Å². The van der Waals surface area contributed by atoms with E-state index in [9.17, 15) is 19.5 Å². The SMILES string of the molecule is Cc1cccc(C)c1NC(=O)C1N([C@H](C)CO)C(=O)[C@@H]2[C@@H](C(=O)Nc3ccccc3)[C@H]3CCC12O3. The molecule has 0 aromatic heterocycles. The van der Waals surface area contributed by atoms with Crippen LogP contribution in [0.25, 0.3) is 0 Å². The van der Waals surface area contributed by atoms with Gasteiger partial charge in [0.2, 0.25) is 17.7 Å². The Hall–Kier alpha value is -3.23. The summed E-state index contributed by atoms with van der Waals surface area (Å²) in [5.41, 5.74) is 2.06. The van der Waals surface area contributed by atoms with Crippen LogP contribution in [0.15, 0.2) is 48.5 Å². The summed E-state index contributed by atoms with van der Waals surface area (Å²) >= 11 is 0. The predicted octanol–water partition coefficient (Wildman–Crippen LogP) is 2.64. The summed E-state index contributed by atoms with van der Waals surface area (Å²) in [6.07, 6.45) is 0.656. The van der Waals surface area contributed by atoms with Gasteiger partial charge in [0.05, 0.1) is 30.6 Å². The Morgan fingerprint density at radius 2 is 1.77 bits per heavy atom. The zero-order valence-corrected chi connectivity index (χ0v) is 20.2. The number of nitrogens with one attached hydrogen (secondary N) is 2. The van der Waals surface area contributed by atoms with Gasteiger partial charge in [-0.15, -0.1) is 0 Å². The maximum Gasteiger partial charge on any atom is 0.250 e. The molecule has 3 heterocycles. The molecule has 2 unspecified atom stereocenters. The van der Waals surface area contributed by atoms with E-state index in [0.29, 0.717) is 24.2 Å². The molecular weight excluding hydrogens is 446 g/mol. The Kier molecular flexibility index (Phi) is 5.89. The van der Waals surface area contributed by atoms with Crippen molar-refractivity contribution in [3.05, 3.63) is 59.7 Å². The number of likely N-dealkylation sites (tertiary alicyclic amines) is 1. The molecule has 5 rings (SSSR count). The lowest BCUT2D eigenvalue weighted by Crippen LogP contribution is -2.55. The van der Waals surface area contributed by atoms with Gasteiger partial charge in [-0.05, 0) is 56.9 Å². The number of hydrogen-bond acceptors (Lipinski definition) is 5. The Balaban J connectivity index is 1.50. The lowest BCUT2D eigenvalue weighted by molar-refractivity contribution is -0.142. The molecule has 2 aromatic carbocycles. The molecule has 6 atom stereocenters. The van der Waals surface area contributed by atoms with E-state index in [1.807, 2.05) is 50.2 Å². The number of aliphatic hydroxyl groups is 1. The Bertz CT molecular complexity index is 1150. The smallest absolute Gasteiger partial charge is 0.250 e. The summed E-state index contributed by atoms with van der Waals surface area (Å²) in [4.78, 5) is 42.5. The molecule has 0 radical (unpaired) electrons. The van der Waals surface area contributed by atoms with Crippen LogP contribution >= 0.6 is 0 Å². The van der Waals surface area contributed by atoms with Crippen LogP contribution in [0.3, 0.4) is 0 Å². The molecule has 8 nitrogen and oxygen atoms in total. The number of hydrogen-bond donors (Lipinski definition) is 3. The monoisotopic (exact) mass is 477 g/mol. The van der Waals surface area contributed by atoms with Crippen LogP contribution in [-0.4, -0.2) is 58.1 Å². The number of carbonyl (C=O) groups excluding carboxylic acids is 3. The summed E-state index contributed by atoms with van der Waals surface area (Å²) in [5.74, 6) is -2.45. The second-order valence-electron chi connectivity index (χ2n) is 9.94. The topological polar surface area (TPSA) is 108 Å². The number of amides is 3. The fraction of sp³-hybridized carbons (Fsp3) is 0.444. The van der Waals surface area contributed by atoms with Crippen molar-refractivity contribution >= 4 is 29.1 Å². The number of carbonyl (C=O) groups is 3. The van der Waals surface area contributed by atoms with Crippen molar-refractivity contribution in [1.82, 2.24) is 4.90 Å². The minimum absolute atomic E-state index is 0.284. The number of para-hydroxylation sites is 2. The number of benzene rings is 2. The molecule has 35 heavy (non-hydrogen) atoms. The van der Waals surface area contributed by atoms with E-state index < -0.39 is 35.6 Å². The highest BCUT2D eigenvalue weighted by Crippen LogP contribution is 2.59. The third kappa shape index (κ3) is 3.63. The molecule has 3 N–H and O–H groups in total. The average molecular weight is 478 g/mol. The highest BCUT2D eigenvalue weighted by Gasteiger charge is 2.74. The summed E-state index contributed by atoms with van der Waals surface area (Å²) < 4.78 is 6.42. The molecule has 2 aromatic rings. The minimum Gasteiger partial charge on any atom is -0.394 e. The van der Waals surface area contributed by atoms with Gasteiger partial charge in [-0.3, -0.25) is 14.4 Å². The van der Waals surface area contributed by atoms with Crippen molar-refractivity contribution in [3.8, 4) is 0 Å². The van der Waals surface area contributed by atoms with Gasteiger partial charge in [0.25, 0.3) is 0 Å². The van der Waals surface area contributed by atoms with Crippen molar-refractivity contribution in [1.29, 1.82) is 0 Å². The minimum atomic E-state index is -1.11. The molecule has 3 saturated heterocycles. The van der Waals surface area contributed by atoms with E-state index in [1.165, 1.54) is 4.90 Å². The third-order valence-electron chi connectivity index (χ3n) is 7.80. The molecule has 2 bridgehead atoms. The van der Waals surface area contributed by atoms with Crippen LogP contribution < -0.4 is 10.6 Å². The predicted molar refractivity (Wildman–Crippen MR) is 131 cm³/mol. The number of anilines is 2. The quantitative estimate of drug-likeness (QED) is 0.593. The van der Waals surface area contributed by atoms with E-state index >= 15 is 0 Å². The third-order valence-corrected chi connectivity index (χ3v) is 7.80. The van der Waals surface area contributed by atoms with E-state index in [-0.39, 0.29) is 24.3 Å². The van der Waals surface area contributed by atoms with Crippen molar-refractivity contribution in [2.75, 3.05) is 17.2 Å². The van der Waals surface area contributed by atoms with Gasteiger partial charge in [0, 0.05) is 11.4 Å². The van der Waals surface area contributed by atoms with Crippen molar-refractivity contribution in [3.63, 3.8) is 0 Å². The number of nitrogens with zero attached hydrogens (tertiary/aromatic N) is 1. The first-order valence-corrected chi connectivity index (χ1v) is 12.1. The summed E-state index contributed by atoms with van der Waals surface area (Å²) in [5, 5.41) is 15.9. The molecule has 0 saturated carbocycles. The van der Waals surface area contributed by atoms with Gasteiger partial charge in [0.1, 0.15) is 11.6 Å². The Labute approximate surface area is 204 Å². The first kappa shape index (κ1) is 23.5. The second kappa shape index (κ2) is 8.77. The largest absolute Gasteiger partial charge is 0.394 e. The van der Waals surface area contributed by atoms with Crippen molar-refractivity contribution in [2.45, 2.75) is 57.4 Å². The molecule has 8 heteroatoms. The van der Waals surface area contributed by atoms with Gasteiger partial charge in [-0.1, -0.05) is 36.4 Å². The normalized spacial score (nSPS) is 29.7. The van der Waals surface area contributed by atoms with Gasteiger partial charge in [-0.2, -0.15) is 0 Å².